The first-order valence-electron chi connectivity index (χ1n) is 6.09. The number of nitrogens with two attached hydrogens (primary N) is 1. The first-order chi connectivity index (χ1) is 10.0. The maximum Gasteiger partial charge on any atom is 0.253 e. The molecule has 0 aliphatic rings. The fourth-order valence-electron chi connectivity index (χ4n) is 1.79. The molecule has 0 fully saturated rings. The van der Waals surface area contributed by atoms with Gasteiger partial charge < -0.3 is 20.5 Å². The predicted octanol–water partition coefficient (Wildman–Crippen LogP) is 3.04. The SMILES string of the molecule is COc1cc(OC)c(N)c(C(=O)NCc2ccc(Br)s2)c1. The number of methoxy groups -OCH3 is 2. The lowest BCUT2D eigenvalue weighted by molar-refractivity contribution is 0.0951. The molecule has 0 saturated heterocycles. The van der Waals surface area contributed by atoms with Crippen molar-refractivity contribution in [3.8, 4) is 11.5 Å². The molecular formula is C14H15BrN2O3S. The van der Waals surface area contributed by atoms with E-state index in [1.807, 2.05) is 12.1 Å². The molecule has 2 rings (SSSR count). The second-order valence-electron chi connectivity index (χ2n) is 4.18. The van der Waals surface area contributed by atoms with Crippen LogP contribution in [0.15, 0.2) is 28.1 Å². The van der Waals surface area contributed by atoms with Gasteiger partial charge in [0, 0.05) is 10.9 Å². The van der Waals surface area contributed by atoms with E-state index in [0.29, 0.717) is 29.3 Å². The minimum Gasteiger partial charge on any atom is -0.497 e. The number of rotatable bonds is 5. The molecule has 0 atom stereocenters. The molecule has 0 aliphatic carbocycles. The Balaban J connectivity index is 2.18. The van der Waals surface area contributed by atoms with Crippen LogP contribution in [-0.4, -0.2) is 20.1 Å². The van der Waals surface area contributed by atoms with Gasteiger partial charge in [-0.2, -0.15) is 0 Å². The number of amides is 1. The topological polar surface area (TPSA) is 73.6 Å². The molecule has 0 bridgehead atoms. The lowest BCUT2D eigenvalue weighted by Crippen LogP contribution is -2.23. The molecule has 0 unspecified atom stereocenters. The smallest absolute Gasteiger partial charge is 0.253 e. The molecule has 3 N–H and O–H groups in total. The van der Waals surface area contributed by atoms with Crippen molar-refractivity contribution >= 4 is 38.9 Å². The van der Waals surface area contributed by atoms with Gasteiger partial charge in [0.1, 0.15) is 11.5 Å². The van der Waals surface area contributed by atoms with Gasteiger partial charge in [-0.25, -0.2) is 0 Å². The highest BCUT2D eigenvalue weighted by molar-refractivity contribution is 9.11. The Morgan fingerprint density at radius 1 is 1.33 bits per heavy atom. The van der Waals surface area contributed by atoms with Crippen LogP contribution in [0.3, 0.4) is 0 Å². The van der Waals surface area contributed by atoms with Crippen LogP contribution in [0, 0.1) is 0 Å². The van der Waals surface area contributed by atoms with Crippen molar-refractivity contribution in [1.29, 1.82) is 0 Å². The number of nitrogens with one attached hydrogen (secondary N) is 1. The summed E-state index contributed by atoms with van der Waals surface area (Å²) in [5, 5.41) is 2.83. The number of carbonyl (C=O) groups is 1. The van der Waals surface area contributed by atoms with Crippen LogP contribution in [0.4, 0.5) is 5.69 Å². The van der Waals surface area contributed by atoms with Gasteiger partial charge in [-0.1, -0.05) is 0 Å². The first kappa shape index (κ1) is 15.7. The third kappa shape index (κ3) is 3.68. The van der Waals surface area contributed by atoms with Gasteiger partial charge in [0.2, 0.25) is 0 Å². The van der Waals surface area contributed by atoms with Crippen molar-refractivity contribution < 1.29 is 14.3 Å². The molecule has 7 heteroatoms. The van der Waals surface area contributed by atoms with Crippen LogP contribution in [0.2, 0.25) is 0 Å². The molecule has 0 radical (unpaired) electrons. The molecule has 1 amide bonds. The molecule has 5 nitrogen and oxygen atoms in total. The van der Waals surface area contributed by atoms with Crippen molar-refractivity contribution in [3.05, 3.63) is 38.5 Å². The molecule has 1 aromatic carbocycles. The van der Waals surface area contributed by atoms with E-state index in [1.165, 1.54) is 14.2 Å². The second-order valence-corrected chi connectivity index (χ2v) is 6.73. The third-order valence-corrected chi connectivity index (χ3v) is 4.49. The van der Waals surface area contributed by atoms with Gasteiger partial charge in [0.05, 0.1) is 35.8 Å². The van der Waals surface area contributed by atoms with Crippen molar-refractivity contribution in [2.45, 2.75) is 6.54 Å². The highest BCUT2D eigenvalue weighted by atomic mass is 79.9. The highest BCUT2D eigenvalue weighted by Crippen LogP contribution is 2.31. The second kappa shape index (κ2) is 6.82. The number of ether oxygens (including phenoxy) is 2. The zero-order chi connectivity index (χ0) is 15.4. The fraction of sp³-hybridized carbons (Fsp3) is 0.214. The summed E-state index contributed by atoms with van der Waals surface area (Å²) in [7, 11) is 3.02. The summed E-state index contributed by atoms with van der Waals surface area (Å²) in [6.07, 6.45) is 0. The normalized spacial score (nSPS) is 10.2. The summed E-state index contributed by atoms with van der Waals surface area (Å²) in [6.45, 7) is 0.439. The number of anilines is 1. The number of halogens is 1. The lowest BCUT2D eigenvalue weighted by Gasteiger charge is -2.12. The Labute approximate surface area is 135 Å². The lowest BCUT2D eigenvalue weighted by atomic mass is 10.1. The standard InChI is InChI=1S/C14H15BrN2O3S/c1-19-8-5-10(13(16)11(6-8)20-2)14(18)17-7-9-3-4-12(15)21-9/h3-6H,7,16H2,1-2H3,(H,17,18). The Morgan fingerprint density at radius 2 is 2.10 bits per heavy atom. The van der Waals surface area contributed by atoms with Gasteiger partial charge >= 0.3 is 0 Å². The zero-order valence-electron chi connectivity index (χ0n) is 11.6. The number of hydrogen-bond acceptors (Lipinski definition) is 5. The minimum absolute atomic E-state index is 0.269. The summed E-state index contributed by atoms with van der Waals surface area (Å²) < 4.78 is 11.3. The van der Waals surface area contributed by atoms with Gasteiger partial charge in [-0.05, 0) is 34.1 Å². The summed E-state index contributed by atoms with van der Waals surface area (Å²) in [6, 6.07) is 7.12. The molecule has 2 aromatic rings. The van der Waals surface area contributed by atoms with Crippen LogP contribution < -0.4 is 20.5 Å². The van der Waals surface area contributed by atoms with Gasteiger partial charge in [-0.3, -0.25) is 4.79 Å². The van der Waals surface area contributed by atoms with Crippen molar-refractivity contribution in [1.82, 2.24) is 5.32 Å². The van der Waals surface area contributed by atoms with Crippen LogP contribution >= 0.6 is 27.3 Å². The summed E-state index contributed by atoms with van der Waals surface area (Å²) in [5.74, 6) is 0.664. The fourth-order valence-corrected chi connectivity index (χ4v) is 3.21. The molecule has 0 saturated carbocycles. The number of nitrogen functional groups attached to an aromatic ring is 1. The van der Waals surface area contributed by atoms with E-state index in [2.05, 4.69) is 21.2 Å². The van der Waals surface area contributed by atoms with Gasteiger partial charge in [0.25, 0.3) is 5.91 Å². The van der Waals surface area contributed by atoms with Crippen LogP contribution in [0.5, 0.6) is 11.5 Å². The molecule has 21 heavy (non-hydrogen) atoms. The van der Waals surface area contributed by atoms with E-state index in [1.54, 1.807) is 23.5 Å². The number of carbonyl (C=O) groups excluding carboxylic acids is 1. The zero-order valence-corrected chi connectivity index (χ0v) is 14.0. The molecule has 1 aromatic heterocycles. The maximum absolute atomic E-state index is 12.3. The molecule has 0 aliphatic heterocycles. The van der Waals surface area contributed by atoms with Crippen LogP contribution in [0.1, 0.15) is 15.2 Å². The minimum atomic E-state index is -0.269. The number of thiophene rings is 1. The van der Waals surface area contributed by atoms with Gasteiger partial charge in [-0.15, -0.1) is 11.3 Å². The average Bonchev–Trinajstić information content (AvgIpc) is 2.90. The summed E-state index contributed by atoms with van der Waals surface area (Å²) >= 11 is 4.95. The first-order valence-corrected chi connectivity index (χ1v) is 7.70. The quantitative estimate of drug-likeness (QED) is 0.793. The van der Waals surface area contributed by atoms with Crippen molar-refractivity contribution in [2.24, 2.45) is 0 Å². The van der Waals surface area contributed by atoms with Crippen molar-refractivity contribution in [2.75, 3.05) is 20.0 Å². The number of benzene rings is 1. The van der Waals surface area contributed by atoms with Gasteiger partial charge in [0.15, 0.2) is 0 Å². The Morgan fingerprint density at radius 3 is 2.67 bits per heavy atom. The molecule has 1 heterocycles. The Hall–Kier alpha value is -1.73. The van der Waals surface area contributed by atoms with Crippen LogP contribution in [0.25, 0.3) is 0 Å². The maximum atomic E-state index is 12.3. The Bertz CT molecular complexity index is 658. The van der Waals surface area contributed by atoms with E-state index in [9.17, 15) is 4.79 Å². The van der Waals surface area contributed by atoms with E-state index >= 15 is 0 Å². The largest absolute Gasteiger partial charge is 0.497 e. The van der Waals surface area contributed by atoms with E-state index in [4.69, 9.17) is 15.2 Å². The Kier molecular flexibility index (Phi) is 5.08. The summed E-state index contributed by atoms with van der Waals surface area (Å²) in [4.78, 5) is 13.3. The third-order valence-electron chi connectivity index (χ3n) is 2.87. The van der Waals surface area contributed by atoms with Crippen LogP contribution in [-0.2, 0) is 6.54 Å². The number of hydrogen-bond donors (Lipinski definition) is 2. The average molecular weight is 371 g/mol. The molecule has 0 spiro atoms. The van der Waals surface area contributed by atoms with E-state index in [0.717, 1.165) is 8.66 Å². The van der Waals surface area contributed by atoms with E-state index in [-0.39, 0.29) is 5.91 Å². The monoisotopic (exact) mass is 370 g/mol. The highest BCUT2D eigenvalue weighted by Gasteiger charge is 2.16. The summed E-state index contributed by atoms with van der Waals surface area (Å²) in [5.41, 5.74) is 6.57. The predicted molar refractivity (Wildman–Crippen MR) is 87.1 cm³/mol. The van der Waals surface area contributed by atoms with Crippen molar-refractivity contribution in [3.63, 3.8) is 0 Å². The molecular weight excluding hydrogens is 356 g/mol. The molecule has 112 valence electrons. The van der Waals surface area contributed by atoms with E-state index < -0.39 is 0 Å².